The molecule has 3 N–H and O–H groups in total. The molecule has 208 valence electrons. The minimum Gasteiger partial charge on any atom is -0.398 e. The zero-order chi connectivity index (χ0) is 28.0. The Kier molecular flexibility index (Phi) is 7.73. The monoisotopic (exact) mass is 690 g/mol. The zero-order valence-corrected chi connectivity index (χ0v) is 25.4. The van der Waals surface area contributed by atoms with Gasteiger partial charge in [0.1, 0.15) is 6.04 Å². The molecule has 3 aromatic carbocycles. The predicted molar refractivity (Wildman–Crippen MR) is 166 cm³/mol. The first-order valence-electron chi connectivity index (χ1n) is 13.4. The second-order valence-corrected chi connectivity index (χ2v) is 12.5. The van der Waals surface area contributed by atoms with Crippen molar-refractivity contribution in [2.45, 2.75) is 30.8 Å². The number of fused-ring (bicyclic) bond motifs is 1. The summed E-state index contributed by atoms with van der Waals surface area (Å²) < 4.78 is 6.51. The van der Waals surface area contributed by atoms with Crippen LogP contribution >= 0.6 is 45.8 Å². The number of ether oxygens (including phenoxy) is 1. The van der Waals surface area contributed by atoms with Crippen LogP contribution in [0.5, 0.6) is 0 Å². The molecule has 1 saturated carbocycles. The number of nitrogens with one attached hydrogen (secondary N) is 1. The van der Waals surface area contributed by atoms with Gasteiger partial charge >= 0.3 is 0 Å². The van der Waals surface area contributed by atoms with Gasteiger partial charge in [0.25, 0.3) is 11.8 Å². The largest absolute Gasteiger partial charge is 0.398 e. The highest BCUT2D eigenvalue weighted by Crippen LogP contribution is 2.56. The molecule has 10 heteroatoms. The molecule has 3 aromatic rings. The van der Waals surface area contributed by atoms with Crippen molar-refractivity contribution in [3.05, 3.63) is 90.5 Å². The number of carbonyl (C=O) groups excluding carboxylic acids is 2. The van der Waals surface area contributed by atoms with Crippen LogP contribution in [-0.2, 0) is 21.5 Å². The average molecular weight is 691 g/mol. The van der Waals surface area contributed by atoms with Crippen molar-refractivity contribution < 1.29 is 14.3 Å². The predicted octanol–water partition coefficient (Wildman–Crippen LogP) is 5.88. The highest BCUT2D eigenvalue weighted by Gasteiger charge is 2.57. The van der Waals surface area contributed by atoms with Gasteiger partial charge in [0, 0.05) is 28.2 Å². The first-order valence-corrected chi connectivity index (χ1v) is 15.2. The molecule has 2 amide bonds. The fourth-order valence-corrected chi connectivity index (χ4v) is 6.84. The third kappa shape index (κ3) is 5.09. The van der Waals surface area contributed by atoms with Crippen molar-refractivity contribution in [2.24, 2.45) is 0 Å². The fourth-order valence-electron chi connectivity index (χ4n) is 5.87. The second kappa shape index (κ2) is 11.1. The lowest BCUT2D eigenvalue weighted by atomic mass is 9.94. The highest BCUT2D eigenvalue weighted by atomic mass is 127. The third-order valence-corrected chi connectivity index (χ3v) is 9.75. The van der Waals surface area contributed by atoms with Gasteiger partial charge in [-0.05, 0) is 94.9 Å². The normalized spacial score (nSPS) is 20.6. The van der Waals surface area contributed by atoms with Crippen molar-refractivity contribution >= 4 is 69.0 Å². The molecule has 0 radical (unpaired) electrons. The number of nitrogens with zero attached hydrogens (tertiary/aromatic N) is 2. The number of hydrogen-bond acceptors (Lipinski definition) is 5. The number of amides is 2. The summed E-state index contributed by atoms with van der Waals surface area (Å²) in [5.74, 6) is -0.433. The van der Waals surface area contributed by atoms with Crippen molar-refractivity contribution in [1.82, 2.24) is 9.80 Å². The van der Waals surface area contributed by atoms with Gasteiger partial charge in [0.2, 0.25) is 0 Å². The summed E-state index contributed by atoms with van der Waals surface area (Å²) in [4.78, 5) is 33.1. The zero-order valence-electron chi connectivity index (χ0n) is 21.8. The summed E-state index contributed by atoms with van der Waals surface area (Å²) in [6.07, 6.45) is 2.10. The Morgan fingerprint density at radius 2 is 1.75 bits per heavy atom. The second-order valence-electron chi connectivity index (χ2n) is 10.5. The Morgan fingerprint density at radius 1 is 1.02 bits per heavy atom. The lowest BCUT2D eigenvalue weighted by Crippen LogP contribution is -2.46. The number of benzene rings is 3. The van der Waals surface area contributed by atoms with E-state index in [-0.39, 0.29) is 11.8 Å². The van der Waals surface area contributed by atoms with Gasteiger partial charge in [0.05, 0.1) is 40.7 Å². The molecule has 0 bridgehead atoms. The van der Waals surface area contributed by atoms with Crippen LogP contribution in [0.3, 0.4) is 0 Å². The number of nitrogens with two attached hydrogens (primary N) is 1. The maximum Gasteiger partial charge on any atom is 0.257 e. The van der Waals surface area contributed by atoms with E-state index in [1.807, 2.05) is 36.4 Å². The first-order chi connectivity index (χ1) is 19.3. The van der Waals surface area contributed by atoms with Crippen molar-refractivity contribution in [1.29, 1.82) is 0 Å². The van der Waals surface area contributed by atoms with E-state index in [1.54, 1.807) is 23.1 Å². The number of halogens is 3. The van der Waals surface area contributed by atoms with Crippen molar-refractivity contribution in [3.8, 4) is 0 Å². The Hall–Kier alpha value is -2.37. The van der Waals surface area contributed by atoms with E-state index >= 15 is 0 Å². The van der Waals surface area contributed by atoms with Crippen molar-refractivity contribution in [2.75, 3.05) is 43.9 Å². The highest BCUT2D eigenvalue weighted by molar-refractivity contribution is 14.1. The van der Waals surface area contributed by atoms with Crippen molar-refractivity contribution in [3.63, 3.8) is 0 Å². The minimum absolute atomic E-state index is 0.171. The fraction of sp³-hybridized carbons (Fsp3) is 0.333. The van der Waals surface area contributed by atoms with E-state index in [2.05, 4.69) is 32.8 Å². The Bertz CT molecular complexity index is 1470. The van der Waals surface area contributed by atoms with Crippen LogP contribution in [0.1, 0.15) is 45.9 Å². The molecule has 1 saturated heterocycles. The molecular formula is C30H29Cl2IN4O3. The van der Waals surface area contributed by atoms with Crippen LogP contribution in [0.2, 0.25) is 10.0 Å². The topological polar surface area (TPSA) is 87.9 Å². The first kappa shape index (κ1) is 27.8. The summed E-state index contributed by atoms with van der Waals surface area (Å²) in [7, 11) is 0. The smallest absolute Gasteiger partial charge is 0.257 e. The number of morpholine rings is 1. The lowest BCUT2D eigenvalue weighted by molar-refractivity contribution is -0.121. The van der Waals surface area contributed by atoms with Crippen LogP contribution in [-0.4, -0.2) is 54.5 Å². The number of anilines is 2. The van der Waals surface area contributed by atoms with Crippen LogP contribution in [0, 0.1) is 3.57 Å². The molecule has 1 unspecified atom stereocenters. The van der Waals surface area contributed by atoms with Crippen LogP contribution < -0.4 is 11.1 Å². The van der Waals surface area contributed by atoms with E-state index in [0.29, 0.717) is 65.0 Å². The number of carbonyl (C=O) groups is 2. The van der Waals surface area contributed by atoms with E-state index in [9.17, 15) is 9.59 Å². The van der Waals surface area contributed by atoms with E-state index in [1.165, 1.54) is 0 Å². The lowest BCUT2D eigenvalue weighted by Gasteiger charge is -2.37. The maximum absolute atomic E-state index is 14.9. The molecule has 3 aliphatic rings. The van der Waals surface area contributed by atoms with Crippen LogP contribution in [0.15, 0.2) is 54.6 Å². The van der Waals surface area contributed by atoms with Gasteiger partial charge in [-0.1, -0.05) is 41.4 Å². The molecule has 0 spiro atoms. The molecule has 1 atom stereocenters. The number of nitrogen functional groups attached to an aromatic ring is 1. The third-order valence-electron chi connectivity index (χ3n) is 8.14. The number of rotatable bonds is 6. The molecule has 6 rings (SSSR count). The minimum atomic E-state index is -0.860. The molecule has 1 aliphatic carbocycles. The summed E-state index contributed by atoms with van der Waals surface area (Å²) in [6, 6.07) is 15.6. The van der Waals surface area contributed by atoms with Gasteiger partial charge in [-0.25, -0.2) is 0 Å². The maximum atomic E-state index is 14.9. The summed E-state index contributed by atoms with van der Waals surface area (Å²) in [6.45, 7) is 3.95. The molecular weight excluding hydrogens is 662 g/mol. The van der Waals surface area contributed by atoms with E-state index in [0.717, 1.165) is 34.3 Å². The molecule has 7 nitrogen and oxygen atoms in total. The van der Waals surface area contributed by atoms with E-state index < -0.39 is 11.6 Å². The van der Waals surface area contributed by atoms with Gasteiger partial charge in [-0.2, -0.15) is 0 Å². The van der Waals surface area contributed by atoms with E-state index in [4.69, 9.17) is 33.7 Å². The Morgan fingerprint density at radius 3 is 2.42 bits per heavy atom. The van der Waals surface area contributed by atoms with Gasteiger partial charge in [-0.3, -0.25) is 14.5 Å². The summed E-state index contributed by atoms with van der Waals surface area (Å²) in [5, 5.41) is 4.12. The number of hydrogen-bond donors (Lipinski definition) is 2. The molecule has 2 heterocycles. The SMILES string of the molecule is Nc1cc(C2(N3C(=O)c4c(ccc(I)c4CCN4CCOCC4)NC(=O)C3c3ccc(Cl)cc3)CC2)ccc1Cl. The molecule has 2 aliphatic heterocycles. The summed E-state index contributed by atoms with van der Waals surface area (Å²) in [5.41, 5.74) is 9.58. The van der Waals surface area contributed by atoms with Gasteiger partial charge < -0.3 is 20.7 Å². The Balaban J connectivity index is 1.48. The van der Waals surface area contributed by atoms with Gasteiger partial charge in [0.15, 0.2) is 0 Å². The standard InChI is InChI=1S/C30H29Cl2IN4O3/c31-20-4-1-18(2-5-20)27-28(38)35-25-8-7-23(33)21(9-12-36-13-15-40-16-14-36)26(25)29(39)37(27)30(10-11-30)19-3-6-22(32)24(34)17-19/h1-8,17,27H,9-16,34H2,(H,35,38). The quantitative estimate of drug-likeness (QED) is 0.249. The van der Waals surface area contributed by atoms with Crippen LogP contribution in [0.25, 0.3) is 0 Å². The van der Waals surface area contributed by atoms with Crippen LogP contribution in [0.4, 0.5) is 11.4 Å². The molecule has 0 aromatic heterocycles. The van der Waals surface area contributed by atoms with Gasteiger partial charge in [-0.15, -0.1) is 0 Å². The molecule has 2 fully saturated rings. The average Bonchev–Trinajstić information content (AvgIpc) is 3.76. The Labute approximate surface area is 257 Å². The summed E-state index contributed by atoms with van der Waals surface area (Å²) >= 11 is 14.8. The molecule has 40 heavy (non-hydrogen) atoms.